The predicted octanol–water partition coefficient (Wildman–Crippen LogP) is 0.523. The van der Waals surface area contributed by atoms with Crippen LogP contribution in [0, 0.1) is 0 Å². The largest absolute Gasteiger partial charge is 0.313 e. The molecule has 6 nitrogen and oxygen atoms in total. The predicted molar refractivity (Wildman–Crippen MR) is 81.2 cm³/mol. The molecule has 0 saturated carbocycles. The van der Waals surface area contributed by atoms with Crippen molar-refractivity contribution in [3.05, 3.63) is 17.0 Å². The topological polar surface area (TPSA) is 83.6 Å². The third kappa shape index (κ3) is 5.13. The van der Waals surface area contributed by atoms with Crippen LogP contribution in [0.1, 0.15) is 12.5 Å². The molecule has 0 spiro atoms. The van der Waals surface area contributed by atoms with E-state index in [0.717, 1.165) is 34.0 Å². The van der Waals surface area contributed by atoms with E-state index in [1.165, 1.54) is 7.05 Å². The lowest BCUT2D eigenvalue weighted by atomic mass is 10.3. The number of rotatable bonds is 8. The van der Waals surface area contributed by atoms with E-state index in [1.54, 1.807) is 11.4 Å². The summed E-state index contributed by atoms with van der Waals surface area (Å²) in [6, 6.07) is 1.62. The summed E-state index contributed by atoms with van der Waals surface area (Å²) in [5.74, 6) is -0.182. The summed E-state index contributed by atoms with van der Waals surface area (Å²) in [5.41, 5.74) is 0.909. The van der Waals surface area contributed by atoms with Gasteiger partial charge in [-0.15, -0.1) is 11.3 Å². The zero-order chi connectivity index (χ0) is 15.4. The van der Waals surface area contributed by atoms with E-state index in [9.17, 15) is 16.8 Å². The Bertz CT molecular complexity index is 634. The second-order valence-electron chi connectivity index (χ2n) is 4.51. The van der Waals surface area contributed by atoms with E-state index in [0.29, 0.717) is 6.54 Å². The molecule has 1 heterocycles. The summed E-state index contributed by atoms with van der Waals surface area (Å²) < 4.78 is 48.0. The van der Waals surface area contributed by atoms with Gasteiger partial charge in [-0.2, -0.15) is 4.31 Å². The van der Waals surface area contributed by atoms with Crippen LogP contribution in [0.3, 0.4) is 0 Å². The first-order valence-electron chi connectivity index (χ1n) is 6.09. The highest BCUT2D eigenvalue weighted by Crippen LogP contribution is 2.23. The molecule has 1 aromatic heterocycles. The fourth-order valence-corrected chi connectivity index (χ4v) is 4.73. The van der Waals surface area contributed by atoms with Crippen LogP contribution in [0.15, 0.2) is 15.7 Å². The molecule has 0 aliphatic rings. The van der Waals surface area contributed by atoms with Gasteiger partial charge in [0.1, 0.15) is 14.0 Å². The van der Waals surface area contributed by atoms with E-state index >= 15 is 0 Å². The van der Waals surface area contributed by atoms with E-state index in [4.69, 9.17) is 0 Å². The first-order valence-corrected chi connectivity index (χ1v) is 10.5. The van der Waals surface area contributed by atoms with Crippen molar-refractivity contribution in [3.63, 3.8) is 0 Å². The van der Waals surface area contributed by atoms with E-state index in [2.05, 4.69) is 5.32 Å². The van der Waals surface area contributed by atoms with Crippen molar-refractivity contribution in [2.75, 3.05) is 32.1 Å². The number of nitrogens with one attached hydrogen (secondary N) is 1. The highest BCUT2D eigenvalue weighted by atomic mass is 32.2. The Morgan fingerprint density at radius 3 is 2.50 bits per heavy atom. The molecule has 0 unspecified atom stereocenters. The van der Waals surface area contributed by atoms with Crippen molar-refractivity contribution < 1.29 is 16.8 Å². The maximum atomic E-state index is 12.3. The van der Waals surface area contributed by atoms with Crippen LogP contribution in [-0.4, -0.2) is 53.3 Å². The molecule has 0 bridgehead atoms. The third-order valence-electron chi connectivity index (χ3n) is 2.65. The molecule has 0 fully saturated rings. The minimum Gasteiger partial charge on any atom is -0.313 e. The zero-order valence-electron chi connectivity index (χ0n) is 11.8. The zero-order valence-corrected chi connectivity index (χ0v) is 14.2. The molecule has 0 radical (unpaired) electrons. The maximum absolute atomic E-state index is 12.3. The summed E-state index contributed by atoms with van der Waals surface area (Å²) in [6.45, 7) is 3.37. The Morgan fingerprint density at radius 2 is 1.95 bits per heavy atom. The normalized spacial score (nSPS) is 13.0. The van der Waals surface area contributed by atoms with Gasteiger partial charge in [0.25, 0.3) is 10.0 Å². The fraction of sp³-hybridized carbons (Fsp3) is 0.636. The molecular formula is C11H20N2O4S3. The summed E-state index contributed by atoms with van der Waals surface area (Å²) in [4.78, 5) is 0. The van der Waals surface area contributed by atoms with Crippen LogP contribution in [0.5, 0.6) is 0 Å². The summed E-state index contributed by atoms with van der Waals surface area (Å²) >= 11 is 1.15. The van der Waals surface area contributed by atoms with Crippen LogP contribution in [0.4, 0.5) is 0 Å². The van der Waals surface area contributed by atoms with Gasteiger partial charge in [-0.25, -0.2) is 16.8 Å². The van der Waals surface area contributed by atoms with Gasteiger partial charge in [-0.05, 0) is 23.6 Å². The van der Waals surface area contributed by atoms with Crippen molar-refractivity contribution in [2.24, 2.45) is 0 Å². The second-order valence-corrected chi connectivity index (χ2v) is 9.95. The lowest BCUT2D eigenvalue weighted by Gasteiger charge is -2.15. The highest BCUT2D eigenvalue weighted by molar-refractivity contribution is 7.91. The van der Waals surface area contributed by atoms with Crippen LogP contribution in [0.25, 0.3) is 0 Å². The summed E-state index contributed by atoms with van der Waals surface area (Å²) in [6.07, 6.45) is 1.09. The minimum absolute atomic E-state index is 0.0401. The number of sulfone groups is 1. The molecule has 1 aromatic rings. The van der Waals surface area contributed by atoms with Crippen molar-refractivity contribution >= 4 is 31.2 Å². The Labute approximate surface area is 124 Å². The molecule has 116 valence electrons. The van der Waals surface area contributed by atoms with Gasteiger partial charge in [0.15, 0.2) is 0 Å². The number of nitrogens with zero attached hydrogens (tertiary/aromatic N) is 1. The van der Waals surface area contributed by atoms with Gasteiger partial charge in [-0.3, -0.25) is 0 Å². The fourth-order valence-electron chi connectivity index (χ4n) is 1.42. The van der Waals surface area contributed by atoms with E-state index in [1.807, 2.05) is 6.92 Å². The quantitative estimate of drug-likeness (QED) is 0.746. The van der Waals surface area contributed by atoms with Gasteiger partial charge >= 0.3 is 0 Å². The SMILES string of the molecule is CCNCc1csc(S(=O)(=O)N(C)CCS(C)(=O)=O)c1. The molecule has 20 heavy (non-hydrogen) atoms. The average molecular weight is 340 g/mol. The van der Waals surface area contributed by atoms with Gasteiger partial charge in [0, 0.05) is 26.4 Å². The lowest BCUT2D eigenvalue weighted by molar-refractivity contribution is 0.486. The second kappa shape index (κ2) is 6.99. The van der Waals surface area contributed by atoms with Gasteiger partial charge in [0.05, 0.1) is 5.75 Å². The Hall–Kier alpha value is -0.480. The average Bonchev–Trinajstić information content (AvgIpc) is 2.81. The highest BCUT2D eigenvalue weighted by Gasteiger charge is 2.23. The number of sulfonamides is 1. The summed E-state index contributed by atoms with van der Waals surface area (Å²) in [5, 5.41) is 4.91. The third-order valence-corrected chi connectivity index (χ3v) is 6.90. The Morgan fingerprint density at radius 1 is 1.30 bits per heavy atom. The van der Waals surface area contributed by atoms with E-state index in [-0.39, 0.29) is 16.5 Å². The molecular weight excluding hydrogens is 320 g/mol. The van der Waals surface area contributed by atoms with Gasteiger partial charge in [0.2, 0.25) is 0 Å². The smallest absolute Gasteiger partial charge is 0.252 e. The first kappa shape index (κ1) is 17.6. The molecule has 0 atom stereocenters. The standard InChI is InChI=1S/C11H20N2O4S3/c1-4-12-8-10-7-11(18-9-10)20(16,17)13(2)5-6-19(3,14)15/h7,9,12H,4-6,8H2,1-3H3. The van der Waals surface area contributed by atoms with Crippen molar-refractivity contribution in [3.8, 4) is 0 Å². The Kier molecular flexibility index (Phi) is 6.14. The maximum Gasteiger partial charge on any atom is 0.252 e. The summed E-state index contributed by atoms with van der Waals surface area (Å²) in [7, 11) is -5.39. The van der Waals surface area contributed by atoms with Crippen molar-refractivity contribution in [1.82, 2.24) is 9.62 Å². The molecule has 0 saturated heterocycles. The first-order chi connectivity index (χ1) is 9.16. The minimum atomic E-state index is -3.61. The van der Waals surface area contributed by atoms with Gasteiger partial charge in [-0.1, -0.05) is 6.92 Å². The van der Waals surface area contributed by atoms with Crippen LogP contribution < -0.4 is 5.32 Å². The van der Waals surface area contributed by atoms with E-state index < -0.39 is 19.9 Å². The number of hydrogen-bond acceptors (Lipinski definition) is 6. The van der Waals surface area contributed by atoms with Crippen LogP contribution in [0.2, 0.25) is 0 Å². The number of thiophene rings is 1. The molecule has 9 heteroatoms. The van der Waals surface area contributed by atoms with Crippen LogP contribution in [-0.2, 0) is 26.4 Å². The number of hydrogen-bond donors (Lipinski definition) is 1. The molecule has 0 aromatic carbocycles. The van der Waals surface area contributed by atoms with Crippen LogP contribution >= 0.6 is 11.3 Å². The molecule has 0 aliphatic heterocycles. The molecule has 1 rings (SSSR count). The molecule has 0 amide bonds. The Balaban J connectivity index is 2.79. The van der Waals surface area contributed by atoms with Crippen molar-refractivity contribution in [2.45, 2.75) is 17.7 Å². The lowest BCUT2D eigenvalue weighted by Crippen LogP contribution is -2.31. The monoisotopic (exact) mass is 340 g/mol. The molecule has 1 N–H and O–H groups in total. The molecule has 0 aliphatic carbocycles. The van der Waals surface area contributed by atoms with Gasteiger partial charge < -0.3 is 5.32 Å². The van der Waals surface area contributed by atoms with Crippen molar-refractivity contribution in [1.29, 1.82) is 0 Å².